The van der Waals surface area contributed by atoms with Gasteiger partial charge >= 0.3 is 5.97 Å². The lowest BCUT2D eigenvalue weighted by Gasteiger charge is -2.27. The Morgan fingerprint density at radius 3 is 2.68 bits per heavy atom. The fourth-order valence-corrected chi connectivity index (χ4v) is 3.88. The van der Waals surface area contributed by atoms with Gasteiger partial charge in [0.2, 0.25) is 5.89 Å². The quantitative estimate of drug-likeness (QED) is 0.598. The highest BCUT2D eigenvalue weighted by Crippen LogP contribution is 2.43. The highest BCUT2D eigenvalue weighted by atomic mass is 19.1. The molecule has 5 nitrogen and oxygen atoms in total. The largest absolute Gasteiger partial charge is 0.455 e. The number of nitrogens with zero attached hydrogens (tertiary/aromatic N) is 2. The average Bonchev–Trinajstić information content (AvgIpc) is 3.37. The van der Waals surface area contributed by atoms with Crippen LogP contribution in [0.2, 0.25) is 0 Å². The van der Waals surface area contributed by atoms with Crippen molar-refractivity contribution in [3.8, 4) is 11.5 Å². The van der Waals surface area contributed by atoms with Crippen LogP contribution >= 0.6 is 0 Å². The zero-order valence-corrected chi connectivity index (χ0v) is 15.7. The number of halogens is 1. The first-order chi connectivity index (χ1) is 13.6. The number of aryl methyl sites for hydroxylation is 1. The predicted molar refractivity (Wildman–Crippen MR) is 101 cm³/mol. The van der Waals surface area contributed by atoms with Gasteiger partial charge in [-0.1, -0.05) is 48.7 Å². The Morgan fingerprint density at radius 2 is 1.93 bits per heavy atom. The van der Waals surface area contributed by atoms with E-state index in [0.717, 1.165) is 24.0 Å². The molecule has 0 bridgehead atoms. The molecule has 6 heteroatoms. The summed E-state index contributed by atoms with van der Waals surface area (Å²) in [6.07, 6.45) is 2.87. The van der Waals surface area contributed by atoms with Crippen molar-refractivity contribution in [1.29, 1.82) is 0 Å². The number of rotatable bonds is 5. The third-order valence-electron chi connectivity index (χ3n) is 5.30. The number of hydrogen-bond donors (Lipinski definition) is 0. The second-order valence-corrected chi connectivity index (χ2v) is 7.22. The zero-order valence-electron chi connectivity index (χ0n) is 15.7. The molecule has 1 saturated carbocycles. The molecule has 0 aliphatic heterocycles. The lowest BCUT2D eigenvalue weighted by atomic mass is 9.78. The van der Waals surface area contributed by atoms with E-state index < -0.39 is 11.4 Å². The minimum atomic E-state index is -0.940. The van der Waals surface area contributed by atoms with E-state index in [4.69, 9.17) is 9.15 Å². The van der Waals surface area contributed by atoms with Crippen LogP contribution in [0.15, 0.2) is 52.9 Å². The summed E-state index contributed by atoms with van der Waals surface area (Å²) in [4.78, 5) is 12.9. The van der Waals surface area contributed by atoms with Crippen molar-refractivity contribution < 1.29 is 18.3 Å². The number of carbonyl (C=O) groups is 1. The topological polar surface area (TPSA) is 65.2 Å². The molecule has 3 aromatic rings. The molecule has 1 aromatic heterocycles. The summed E-state index contributed by atoms with van der Waals surface area (Å²) in [6.45, 7) is 1.85. The molecule has 28 heavy (non-hydrogen) atoms. The maximum absolute atomic E-state index is 14.4. The Balaban J connectivity index is 1.50. The SMILES string of the molecule is Cc1cccc(-c2nnc(COC(=O)C3(c4ccccc4F)CCCC3)o2)c1. The molecule has 0 unspecified atom stereocenters. The maximum Gasteiger partial charge on any atom is 0.317 e. The summed E-state index contributed by atoms with van der Waals surface area (Å²) in [7, 11) is 0. The standard InChI is InChI=1S/C22H21FN2O3/c1-15-7-6-8-16(13-15)20-25-24-19(28-20)14-27-21(26)22(11-4-5-12-22)17-9-2-3-10-18(17)23/h2-3,6-10,13H,4-5,11-12,14H2,1H3. The molecule has 1 aliphatic carbocycles. The van der Waals surface area contributed by atoms with E-state index in [1.54, 1.807) is 18.2 Å². The third kappa shape index (κ3) is 3.42. The second kappa shape index (κ2) is 7.54. The summed E-state index contributed by atoms with van der Waals surface area (Å²) in [6, 6.07) is 14.1. The van der Waals surface area contributed by atoms with Gasteiger partial charge in [0, 0.05) is 11.1 Å². The monoisotopic (exact) mass is 380 g/mol. The summed E-state index contributed by atoms with van der Waals surface area (Å²) < 4.78 is 25.5. The molecule has 0 atom stereocenters. The highest BCUT2D eigenvalue weighted by Gasteiger charge is 2.45. The van der Waals surface area contributed by atoms with Gasteiger partial charge in [0.05, 0.1) is 5.41 Å². The number of carbonyl (C=O) groups excluding carboxylic acids is 1. The van der Waals surface area contributed by atoms with Gasteiger partial charge in [0.1, 0.15) is 5.82 Å². The van der Waals surface area contributed by atoms with Gasteiger partial charge in [-0.15, -0.1) is 10.2 Å². The number of benzene rings is 2. The number of aromatic nitrogens is 2. The molecule has 144 valence electrons. The van der Waals surface area contributed by atoms with Gasteiger partial charge in [0.25, 0.3) is 5.89 Å². The molecule has 1 aliphatic rings. The van der Waals surface area contributed by atoms with E-state index in [-0.39, 0.29) is 18.3 Å². The Kier molecular flexibility index (Phi) is 4.94. The van der Waals surface area contributed by atoms with Crippen molar-refractivity contribution in [1.82, 2.24) is 10.2 Å². The minimum Gasteiger partial charge on any atom is -0.455 e. The molecule has 1 fully saturated rings. The molecule has 0 radical (unpaired) electrons. The van der Waals surface area contributed by atoms with Crippen LogP contribution < -0.4 is 0 Å². The fourth-order valence-electron chi connectivity index (χ4n) is 3.88. The van der Waals surface area contributed by atoms with E-state index in [2.05, 4.69) is 10.2 Å². The van der Waals surface area contributed by atoms with E-state index in [1.807, 2.05) is 31.2 Å². The molecule has 0 saturated heterocycles. The van der Waals surface area contributed by atoms with Gasteiger partial charge in [0.15, 0.2) is 6.61 Å². The Bertz CT molecular complexity index is 993. The molecular weight excluding hydrogens is 359 g/mol. The molecule has 4 rings (SSSR count). The Morgan fingerprint density at radius 1 is 1.14 bits per heavy atom. The van der Waals surface area contributed by atoms with Crippen molar-refractivity contribution in [2.24, 2.45) is 0 Å². The van der Waals surface area contributed by atoms with Crippen molar-refractivity contribution in [3.05, 3.63) is 71.4 Å². The summed E-state index contributed by atoms with van der Waals surface area (Å²) in [5, 5.41) is 7.99. The van der Waals surface area contributed by atoms with E-state index in [0.29, 0.717) is 24.3 Å². The van der Waals surface area contributed by atoms with Crippen LogP contribution in [-0.2, 0) is 21.6 Å². The fraction of sp³-hybridized carbons (Fsp3) is 0.318. The van der Waals surface area contributed by atoms with Gasteiger partial charge in [-0.05, 0) is 38.0 Å². The van der Waals surface area contributed by atoms with Gasteiger partial charge in [-0.25, -0.2) is 4.39 Å². The third-order valence-corrected chi connectivity index (χ3v) is 5.30. The van der Waals surface area contributed by atoms with Crippen LogP contribution in [0.25, 0.3) is 11.5 Å². The Hall–Kier alpha value is -3.02. The van der Waals surface area contributed by atoms with Crippen molar-refractivity contribution >= 4 is 5.97 Å². The van der Waals surface area contributed by atoms with Crippen molar-refractivity contribution in [2.75, 3.05) is 0 Å². The first-order valence-electron chi connectivity index (χ1n) is 9.40. The van der Waals surface area contributed by atoms with Crippen LogP contribution in [0, 0.1) is 12.7 Å². The smallest absolute Gasteiger partial charge is 0.317 e. The van der Waals surface area contributed by atoms with Crippen molar-refractivity contribution in [3.63, 3.8) is 0 Å². The number of hydrogen-bond acceptors (Lipinski definition) is 5. The molecule has 0 spiro atoms. The molecule has 0 amide bonds. The lowest BCUT2D eigenvalue weighted by Crippen LogP contribution is -2.35. The Labute approximate surface area is 162 Å². The van der Waals surface area contributed by atoms with E-state index in [1.165, 1.54) is 6.07 Å². The summed E-state index contributed by atoms with van der Waals surface area (Å²) >= 11 is 0. The van der Waals surface area contributed by atoms with Gasteiger partial charge < -0.3 is 9.15 Å². The summed E-state index contributed by atoms with van der Waals surface area (Å²) in [5.41, 5.74) is 1.36. The first kappa shape index (κ1) is 18.3. The number of ether oxygens (including phenoxy) is 1. The maximum atomic E-state index is 14.4. The lowest BCUT2D eigenvalue weighted by molar-refractivity contribution is -0.152. The van der Waals surface area contributed by atoms with E-state index in [9.17, 15) is 9.18 Å². The van der Waals surface area contributed by atoms with Crippen LogP contribution in [0.5, 0.6) is 0 Å². The predicted octanol–water partition coefficient (Wildman–Crippen LogP) is 4.74. The number of esters is 1. The molecule has 1 heterocycles. The normalized spacial score (nSPS) is 15.5. The van der Waals surface area contributed by atoms with Crippen LogP contribution in [-0.4, -0.2) is 16.2 Å². The zero-order chi connectivity index (χ0) is 19.6. The van der Waals surface area contributed by atoms with Crippen LogP contribution in [0.3, 0.4) is 0 Å². The van der Waals surface area contributed by atoms with Crippen molar-refractivity contribution in [2.45, 2.75) is 44.6 Å². The van der Waals surface area contributed by atoms with Gasteiger partial charge in [-0.2, -0.15) is 0 Å². The first-order valence-corrected chi connectivity index (χ1v) is 9.40. The minimum absolute atomic E-state index is 0.131. The molecule has 0 N–H and O–H groups in total. The van der Waals surface area contributed by atoms with Crippen LogP contribution in [0.1, 0.15) is 42.7 Å². The highest BCUT2D eigenvalue weighted by molar-refractivity contribution is 5.83. The summed E-state index contributed by atoms with van der Waals surface area (Å²) in [5.74, 6) is -0.225. The molecule has 2 aromatic carbocycles. The van der Waals surface area contributed by atoms with Crippen LogP contribution in [0.4, 0.5) is 4.39 Å². The van der Waals surface area contributed by atoms with Gasteiger partial charge in [-0.3, -0.25) is 4.79 Å². The molecular formula is C22H21FN2O3. The second-order valence-electron chi connectivity index (χ2n) is 7.22. The average molecular weight is 380 g/mol. The van der Waals surface area contributed by atoms with E-state index >= 15 is 0 Å².